The van der Waals surface area contributed by atoms with E-state index in [0.29, 0.717) is 18.8 Å². The Kier molecular flexibility index (Phi) is 4.34. The van der Waals surface area contributed by atoms with E-state index in [9.17, 15) is 0 Å². The summed E-state index contributed by atoms with van der Waals surface area (Å²) in [6.07, 6.45) is 0. The minimum Gasteiger partial charge on any atom is -0.383 e. The molecule has 0 bridgehead atoms. The lowest BCUT2D eigenvalue weighted by Crippen LogP contribution is -2.07. The summed E-state index contributed by atoms with van der Waals surface area (Å²) in [6, 6.07) is 7.32. The molecule has 1 aromatic rings. The van der Waals surface area contributed by atoms with Crippen LogP contribution in [0.25, 0.3) is 10.4 Å². The zero-order valence-corrected chi connectivity index (χ0v) is 7.97. The summed E-state index contributed by atoms with van der Waals surface area (Å²) < 4.78 is 4.90. The van der Waals surface area contributed by atoms with Crippen molar-refractivity contribution in [3.63, 3.8) is 0 Å². The van der Waals surface area contributed by atoms with Gasteiger partial charge in [0.25, 0.3) is 0 Å². The predicted octanol–water partition coefficient (Wildman–Crippen LogP) is 2.69. The van der Waals surface area contributed by atoms with Gasteiger partial charge in [-0.05, 0) is 11.6 Å². The number of nitrogens with one attached hydrogen (secondary N) is 1. The molecule has 74 valence electrons. The lowest BCUT2D eigenvalue weighted by Gasteiger charge is -2.07. The second-order valence-corrected chi connectivity index (χ2v) is 2.63. The van der Waals surface area contributed by atoms with Crippen molar-refractivity contribution in [2.24, 2.45) is 5.11 Å². The SMILES string of the molecule is COCCNc1ccccc1N=[N+]=[N-]. The van der Waals surface area contributed by atoms with E-state index < -0.39 is 0 Å². The van der Waals surface area contributed by atoms with Crippen LogP contribution < -0.4 is 5.32 Å². The fraction of sp³-hybridized carbons (Fsp3) is 0.333. The van der Waals surface area contributed by atoms with Crippen LogP contribution in [0.3, 0.4) is 0 Å². The molecule has 0 fully saturated rings. The van der Waals surface area contributed by atoms with E-state index >= 15 is 0 Å². The van der Waals surface area contributed by atoms with Crippen LogP contribution in [-0.2, 0) is 4.74 Å². The Bertz CT molecular complexity index is 333. The lowest BCUT2D eigenvalue weighted by molar-refractivity contribution is 0.211. The van der Waals surface area contributed by atoms with Crippen molar-refractivity contribution in [1.29, 1.82) is 0 Å². The number of ether oxygens (including phenoxy) is 1. The Morgan fingerprint density at radius 3 is 3.00 bits per heavy atom. The number of anilines is 1. The molecule has 0 aliphatic carbocycles. The number of hydrogen-bond donors (Lipinski definition) is 1. The van der Waals surface area contributed by atoms with Crippen molar-refractivity contribution in [3.05, 3.63) is 34.7 Å². The Balaban J connectivity index is 2.69. The summed E-state index contributed by atoms with van der Waals surface area (Å²) in [4.78, 5) is 2.75. The highest BCUT2D eigenvalue weighted by atomic mass is 16.5. The number of azide groups is 1. The minimum atomic E-state index is 0.603. The molecule has 0 saturated heterocycles. The van der Waals surface area contributed by atoms with Crippen LogP contribution in [-0.4, -0.2) is 20.3 Å². The highest BCUT2D eigenvalue weighted by Gasteiger charge is 1.96. The largest absolute Gasteiger partial charge is 0.383 e. The first-order valence-corrected chi connectivity index (χ1v) is 4.25. The van der Waals surface area contributed by atoms with E-state index in [-0.39, 0.29) is 0 Å². The second-order valence-electron chi connectivity index (χ2n) is 2.63. The van der Waals surface area contributed by atoms with Gasteiger partial charge in [0.1, 0.15) is 0 Å². The van der Waals surface area contributed by atoms with Crippen molar-refractivity contribution >= 4 is 11.4 Å². The van der Waals surface area contributed by atoms with Crippen molar-refractivity contribution in [1.82, 2.24) is 0 Å². The van der Waals surface area contributed by atoms with E-state index in [1.54, 1.807) is 13.2 Å². The zero-order chi connectivity index (χ0) is 10.2. The molecule has 0 amide bonds. The molecule has 0 saturated carbocycles. The molecule has 0 aromatic heterocycles. The predicted molar refractivity (Wildman–Crippen MR) is 55.6 cm³/mol. The third-order valence-corrected chi connectivity index (χ3v) is 1.68. The maximum Gasteiger partial charge on any atom is 0.0635 e. The lowest BCUT2D eigenvalue weighted by atomic mass is 10.3. The van der Waals surface area contributed by atoms with Gasteiger partial charge < -0.3 is 10.1 Å². The summed E-state index contributed by atoms with van der Waals surface area (Å²) in [5, 5.41) is 6.67. The summed E-state index contributed by atoms with van der Waals surface area (Å²) in [6.45, 7) is 1.30. The molecule has 0 atom stereocenters. The number of rotatable bonds is 5. The maximum atomic E-state index is 8.32. The number of nitrogens with zero attached hydrogens (tertiary/aromatic N) is 3. The third kappa shape index (κ3) is 2.97. The molecule has 0 spiro atoms. The van der Waals surface area contributed by atoms with Gasteiger partial charge in [-0.3, -0.25) is 0 Å². The molecular formula is C9H12N4O. The van der Waals surface area contributed by atoms with Gasteiger partial charge in [-0.15, -0.1) is 0 Å². The smallest absolute Gasteiger partial charge is 0.0635 e. The van der Waals surface area contributed by atoms with Crippen LogP contribution in [0.4, 0.5) is 11.4 Å². The summed E-state index contributed by atoms with van der Waals surface area (Å²) in [5.41, 5.74) is 9.75. The van der Waals surface area contributed by atoms with Crippen LogP contribution in [0.2, 0.25) is 0 Å². The monoisotopic (exact) mass is 192 g/mol. The number of benzene rings is 1. The van der Waals surface area contributed by atoms with Gasteiger partial charge in [0, 0.05) is 24.3 Å². The minimum absolute atomic E-state index is 0.603. The van der Waals surface area contributed by atoms with E-state index in [4.69, 9.17) is 10.3 Å². The van der Waals surface area contributed by atoms with Gasteiger partial charge in [0.2, 0.25) is 0 Å². The molecule has 5 nitrogen and oxygen atoms in total. The van der Waals surface area contributed by atoms with Gasteiger partial charge in [-0.2, -0.15) is 0 Å². The molecule has 0 aliphatic heterocycles. The van der Waals surface area contributed by atoms with Crippen LogP contribution in [0.5, 0.6) is 0 Å². The Morgan fingerprint density at radius 2 is 2.29 bits per heavy atom. The van der Waals surface area contributed by atoms with Gasteiger partial charge in [-0.1, -0.05) is 23.3 Å². The molecule has 14 heavy (non-hydrogen) atoms. The first kappa shape index (κ1) is 10.4. The molecule has 1 N–H and O–H groups in total. The fourth-order valence-corrected chi connectivity index (χ4v) is 1.05. The zero-order valence-electron chi connectivity index (χ0n) is 7.97. The Hall–Kier alpha value is -1.71. The Labute approximate surface area is 82.3 Å². The number of methoxy groups -OCH3 is 1. The Morgan fingerprint density at radius 1 is 1.50 bits per heavy atom. The van der Waals surface area contributed by atoms with Gasteiger partial charge in [-0.25, -0.2) is 0 Å². The molecule has 1 rings (SSSR count). The van der Waals surface area contributed by atoms with Gasteiger partial charge in [0.15, 0.2) is 0 Å². The van der Waals surface area contributed by atoms with E-state index in [1.165, 1.54) is 0 Å². The topological polar surface area (TPSA) is 70.0 Å². The molecule has 5 heteroatoms. The normalized spacial score (nSPS) is 9.21. The molecule has 0 unspecified atom stereocenters. The summed E-state index contributed by atoms with van der Waals surface area (Å²) in [5.74, 6) is 0. The molecular weight excluding hydrogens is 180 g/mol. The van der Waals surface area contributed by atoms with Crippen LogP contribution in [0, 0.1) is 0 Å². The van der Waals surface area contributed by atoms with Gasteiger partial charge in [0.05, 0.1) is 12.3 Å². The molecule has 0 heterocycles. The third-order valence-electron chi connectivity index (χ3n) is 1.68. The average Bonchev–Trinajstić information content (AvgIpc) is 2.21. The number of para-hydroxylation sites is 1. The van der Waals surface area contributed by atoms with Crippen molar-refractivity contribution in [3.8, 4) is 0 Å². The summed E-state index contributed by atoms with van der Waals surface area (Å²) >= 11 is 0. The average molecular weight is 192 g/mol. The highest BCUT2D eigenvalue weighted by molar-refractivity contribution is 5.64. The quantitative estimate of drug-likeness (QED) is 0.337. The first-order valence-electron chi connectivity index (χ1n) is 4.25. The fourth-order valence-electron chi connectivity index (χ4n) is 1.05. The number of hydrogen-bond acceptors (Lipinski definition) is 3. The van der Waals surface area contributed by atoms with Gasteiger partial charge >= 0.3 is 0 Å². The van der Waals surface area contributed by atoms with Crippen LogP contribution in [0.1, 0.15) is 0 Å². The van der Waals surface area contributed by atoms with E-state index in [1.807, 2.05) is 18.2 Å². The highest BCUT2D eigenvalue weighted by Crippen LogP contribution is 2.23. The summed E-state index contributed by atoms with van der Waals surface area (Å²) in [7, 11) is 1.64. The van der Waals surface area contributed by atoms with Crippen molar-refractivity contribution < 1.29 is 4.74 Å². The molecule has 0 aliphatic rings. The second kappa shape index (κ2) is 5.85. The van der Waals surface area contributed by atoms with Crippen molar-refractivity contribution in [2.45, 2.75) is 0 Å². The first-order chi connectivity index (χ1) is 6.88. The molecule has 1 aromatic carbocycles. The van der Waals surface area contributed by atoms with E-state index in [0.717, 1.165) is 5.69 Å². The van der Waals surface area contributed by atoms with Crippen LogP contribution in [0.15, 0.2) is 29.4 Å². The molecule has 0 radical (unpaired) electrons. The maximum absolute atomic E-state index is 8.32. The standard InChI is InChI=1S/C9H12N4O/c1-14-7-6-11-8-4-2-3-5-9(8)12-13-10/h2-5,11H,6-7H2,1H3. The van der Waals surface area contributed by atoms with E-state index in [2.05, 4.69) is 15.3 Å². The van der Waals surface area contributed by atoms with Crippen LogP contribution >= 0.6 is 0 Å². The van der Waals surface area contributed by atoms with Crippen molar-refractivity contribution in [2.75, 3.05) is 25.6 Å².